The van der Waals surface area contributed by atoms with Crippen LogP contribution >= 0.6 is 11.8 Å². The van der Waals surface area contributed by atoms with Gasteiger partial charge < -0.3 is 15.6 Å². The zero-order valence-electron chi connectivity index (χ0n) is 19.1. The number of thioether (sulfide) groups is 1. The Balaban J connectivity index is 1.61. The summed E-state index contributed by atoms with van der Waals surface area (Å²) in [6.45, 7) is 7.59. The van der Waals surface area contributed by atoms with E-state index >= 15 is 0 Å². The number of aliphatic hydroxyl groups excluding tert-OH is 1. The molecule has 0 aliphatic heterocycles. The molecule has 178 valence electrons. The topological polar surface area (TPSA) is 135 Å². The van der Waals surface area contributed by atoms with Crippen LogP contribution in [0, 0.1) is 17.9 Å². The minimum atomic E-state index is -0.132. The first-order chi connectivity index (χ1) is 17.6. The number of nitrogen functional groups attached to an aromatic ring is 1. The molecule has 0 aliphatic rings. The monoisotopic (exact) mass is 495 g/mol. The molecule has 0 amide bonds. The van der Waals surface area contributed by atoms with E-state index < -0.39 is 0 Å². The van der Waals surface area contributed by atoms with Crippen molar-refractivity contribution in [2.45, 2.75) is 17.2 Å². The van der Waals surface area contributed by atoms with Crippen LogP contribution in [0.5, 0.6) is 5.88 Å². The number of anilines is 1. The van der Waals surface area contributed by atoms with E-state index in [1.54, 1.807) is 24.5 Å². The molecule has 3 N–H and O–H groups in total. The summed E-state index contributed by atoms with van der Waals surface area (Å²) < 4.78 is 5.30. The van der Waals surface area contributed by atoms with Crippen LogP contribution in [0.4, 0.5) is 11.5 Å². The molecule has 9 nitrogen and oxygen atoms in total. The van der Waals surface area contributed by atoms with Crippen LogP contribution in [-0.2, 0) is 12.2 Å². The van der Waals surface area contributed by atoms with Crippen molar-refractivity contribution in [1.82, 2.24) is 19.9 Å². The molecular formula is C26H21N7O2S. The molecule has 0 bridgehead atoms. The normalized spacial score (nSPS) is 10.4. The van der Waals surface area contributed by atoms with E-state index in [1.165, 1.54) is 18.0 Å². The summed E-state index contributed by atoms with van der Waals surface area (Å²) in [5, 5.41) is 19.3. The smallest absolute Gasteiger partial charge is 0.237 e. The molecule has 4 heterocycles. The van der Waals surface area contributed by atoms with Crippen molar-refractivity contribution in [2.75, 3.05) is 18.9 Å². The Kier molecular flexibility index (Phi) is 8.04. The van der Waals surface area contributed by atoms with Crippen LogP contribution in [-0.4, -0.2) is 38.3 Å². The Morgan fingerprint density at radius 3 is 2.61 bits per heavy atom. The number of nitrogens with zero attached hydrogens (tertiary/aromatic N) is 6. The first-order valence-corrected chi connectivity index (χ1v) is 11.9. The number of nitriles is 1. The SMILES string of the molecule is [C-]#[N+]c1c(N)nc(SCc2cccc(Cc3ccncc3)n2)c(C#N)c1-c1ccc(OCCO)nc1. The van der Waals surface area contributed by atoms with Gasteiger partial charge in [0.05, 0.1) is 24.4 Å². The van der Waals surface area contributed by atoms with Crippen LogP contribution in [0.1, 0.15) is 22.5 Å². The molecule has 4 aromatic heterocycles. The second-order valence-corrected chi connectivity index (χ2v) is 8.49. The molecule has 0 aromatic carbocycles. The number of pyridine rings is 4. The first kappa shape index (κ1) is 24.6. The zero-order valence-corrected chi connectivity index (χ0v) is 19.9. The van der Waals surface area contributed by atoms with Crippen molar-refractivity contribution in [3.63, 3.8) is 0 Å². The predicted octanol–water partition coefficient (Wildman–Crippen LogP) is 4.19. The highest BCUT2D eigenvalue weighted by molar-refractivity contribution is 7.98. The molecular weight excluding hydrogens is 474 g/mol. The van der Waals surface area contributed by atoms with E-state index in [0.717, 1.165) is 17.0 Å². The molecule has 0 radical (unpaired) electrons. The highest BCUT2D eigenvalue weighted by Gasteiger charge is 2.21. The fraction of sp³-hybridized carbons (Fsp3) is 0.154. The van der Waals surface area contributed by atoms with Crippen molar-refractivity contribution < 1.29 is 9.84 Å². The van der Waals surface area contributed by atoms with Crippen molar-refractivity contribution >= 4 is 23.3 Å². The fourth-order valence-electron chi connectivity index (χ4n) is 3.50. The van der Waals surface area contributed by atoms with Gasteiger partial charge in [0.2, 0.25) is 11.6 Å². The largest absolute Gasteiger partial charge is 0.475 e. The van der Waals surface area contributed by atoms with Crippen molar-refractivity contribution in [2.24, 2.45) is 0 Å². The van der Waals surface area contributed by atoms with Crippen LogP contribution < -0.4 is 10.5 Å². The standard InChI is InChI=1S/C26H21N7O2S/c1-29-24-23(18-5-6-22(31-15-18)35-12-11-34)21(14-27)26(33-25(24)28)36-16-20-4-2-3-19(32-20)13-17-7-9-30-10-8-17/h2-10,15,34H,11-13,16H2,(H2,28,33). The zero-order chi connectivity index (χ0) is 25.3. The third-order valence-corrected chi connectivity index (χ3v) is 6.12. The maximum atomic E-state index is 10.0. The van der Waals surface area contributed by atoms with Crippen molar-refractivity contribution in [3.05, 3.63) is 95.0 Å². The maximum absolute atomic E-state index is 10.0. The van der Waals surface area contributed by atoms with Crippen LogP contribution in [0.15, 0.2) is 66.1 Å². The molecule has 0 unspecified atom stereocenters. The van der Waals surface area contributed by atoms with Crippen LogP contribution in [0.25, 0.3) is 16.0 Å². The number of hydrogen-bond acceptors (Lipinski definition) is 9. The average Bonchev–Trinajstić information content (AvgIpc) is 2.91. The lowest BCUT2D eigenvalue weighted by Gasteiger charge is -2.13. The third-order valence-electron chi connectivity index (χ3n) is 5.11. The van der Waals surface area contributed by atoms with Crippen molar-refractivity contribution in [3.8, 4) is 23.1 Å². The van der Waals surface area contributed by atoms with E-state index in [4.69, 9.17) is 27.1 Å². The maximum Gasteiger partial charge on any atom is 0.237 e. The number of hydrogen-bond donors (Lipinski definition) is 2. The molecule has 0 atom stereocenters. The van der Waals surface area contributed by atoms with Gasteiger partial charge in [-0.25, -0.2) is 14.8 Å². The summed E-state index contributed by atoms with van der Waals surface area (Å²) in [6.07, 6.45) is 5.70. The van der Waals surface area contributed by atoms with Gasteiger partial charge in [0.25, 0.3) is 0 Å². The summed E-state index contributed by atoms with van der Waals surface area (Å²) in [7, 11) is 0. The number of aromatic nitrogens is 4. The third kappa shape index (κ3) is 5.76. The van der Waals surface area contributed by atoms with Crippen LogP contribution in [0.3, 0.4) is 0 Å². The fourth-order valence-corrected chi connectivity index (χ4v) is 4.40. The van der Waals surface area contributed by atoms with Gasteiger partial charge in [-0.15, -0.1) is 0 Å². The summed E-state index contributed by atoms with van der Waals surface area (Å²) in [5.74, 6) is 0.834. The van der Waals surface area contributed by atoms with Gasteiger partial charge in [-0.05, 0) is 41.5 Å². The molecule has 36 heavy (non-hydrogen) atoms. The average molecular weight is 496 g/mol. The quantitative estimate of drug-likeness (QED) is 0.259. The summed E-state index contributed by atoms with van der Waals surface area (Å²) in [4.78, 5) is 20.9. The van der Waals surface area contributed by atoms with Gasteiger partial charge >= 0.3 is 0 Å². The molecule has 4 aromatic rings. The van der Waals surface area contributed by atoms with Gasteiger partial charge in [-0.3, -0.25) is 9.97 Å². The molecule has 0 spiro atoms. The molecule has 0 saturated heterocycles. The Hall–Kier alpha value is -4.51. The van der Waals surface area contributed by atoms with Gasteiger partial charge in [0.1, 0.15) is 23.5 Å². The molecule has 10 heteroatoms. The second kappa shape index (κ2) is 11.8. The van der Waals surface area contributed by atoms with Gasteiger partial charge in [0, 0.05) is 48.1 Å². The Bertz CT molecular complexity index is 1430. The lowest BCUT2D eigenvalue weighted by Crippen LogP contribution is -2.03. The van der Waals surface area contributed by atoms with E-state index in [-0.39, 0.29) is 30.3 Å². The number of rotatable bonds is 9. The van der Waals surface area contributed by atoms with E-state index in [9.17, 15) is 5.26 Å². The number of aliphatic hydroxyl groups is 1. The van der Waals surface area contributed by atoms with Gasteiger partial charge in [-0.1, -0.05) is 17.8 Å². The minimum Gasteiger partial charge on any atom is -0.475 e. The number of nitrogens with two attached hydrogens (primary N) is 1. The highest BCUT2D eigenvalue weighted by Crippen LogP contribution is 2.41. The molecule has 4 rings (SSSR count). The van der Waals surface area contributed by atoms with Gasteiger partial charge in [-0.2, -0.15) is 5.26 Å². The Labute approximate surface area is 212 Å². The van der Waals surface area contributed by atoms with Gasteiger partial charge in [0.15, 0.2) is 0 Å². The first-order valence-electron chi connectivity index (χ1n) is 10.9. The number of ether oxygens (including phenoxy) is 1. The molecule has 0 fully saturated rings. The Morgan fingerprint density at radius 1 is 1.11 bits per heavy atom. The second-order valence-electron chi connectivity index (χ2n) is 7.52. The highest BCUT2D eigenvalue weighted by atomic mass is 32.2. The van der Waals surface area contributed by atoms with Crippen LogP contribution in [0.2, 0.25) is 0 Å². The summed E-state index contributed by atoms with van der Waals surface area (Å²) in [6, 6.07) is 15.2. The lowest BCUT2D eigenvalue weighted by atomic mass is 10.0. The molecule has 0 saturated carbocycles. The van der Waals surface area contributed by atoms with Crippen molar-refractivity contribution in [1.29, 1.82) is 5.26 Å². The predicted molar refractivity (Wildman–Crippen MR) is 136 cm³/mol. The van der Waals surface area contributed by atoms with E-state index in [2.05, 4.69) is 25.9 Å². The minimum absolute atomic E-state index is 0.0431. The summed E-state index contributed by atoms with van der Waals surface area (Å²) >= 11 is 1.33. The summed E-state index contributed by atoms with van der Waals surface area (Å²) in [5.41, 5.74) is 10.3. The van der Waals surface area contributed by atoms with E-state index in [1.807, 2.05) is 30.3 Å². The Morgan fingerprint density at radius 2 is 1.92 bits per heavy atom. The molecule has 0 aliphatic carbocycles. The van der Waals surface area contributed by atoms with E-state index in [0.29, 0.717) is 34.2 Å². The lowest BCUT2D eigenvalue weighted by molar-refractivity contribution is 0.196.